The van der Waals surface area contributed by atoms with E-state index in [4.69, 9.17) is 14.8 Å². The molecule has 0 aliphatic carbocycles. The summed E-state index contributed by atoms with van der Waals surface area (Å²) in [7, 11) is 0. The predicted molar refractivity (Wildman–Crippen MR) is 67.1 cm³/mol. The Morgan fingerprint density at radius 1 is 1.32 bits per heavy atom. The molecular weight excluding hydrogens is 246 g/mol. The van der Waals surface area contributed by atoms with Crippen LogP contribution in [0.5, 0.6) is 0 Å². The first kappa shape index (κ1) is 12.3. The number of aryl methyl sites for hydroxylation is 1. The van der Waals surface area contributed by atoms with E-state index in [-0.39, 0.29) is 6.04 Å². The van der Waals surface area contributed by atoms with Crippen molar-refractivity contribution in [3.8, 4) is 11.7 Å². The highest BCUT2D eigenvalue weighted by Crippen LogP contribution is 2.20. The maximum Gasteiger partial charge on any atom is 0.296 e. The quantitative estimate of drug-likeness (QED) is 0.883. The van der Waals surface area contributed by atoms with Gasteiger partial charge in [-0.2, -0.15) is 4.98 Å². The summed E-state index contributed by atoms with van der Waals surface area (Å²) in [5.41, 5.74) is 6.87. The monoisotopic (exact) mass is 263 g/mol. The number of hydrogen-bond donors (Lipinski definition) is 1. The lowest BCUT2D eigenvalue weighted by atomic mass is 10.3. The Morgan fingerprint density at radius 2 is 2.11 bits per heavy atom. The number of likely N-dealkylation sites (tertiary alicyclic amines) is 1. The van der Waals surface area contributed by atoms with Crippen LogP contribution in [-0.2, 0) is 0 Å². The molecule has 2 aromatic heterocycles. The van der Waals surface area contributed by atoms with Gasteiger partial charge in [-0.25, -0.2) is 0 Å². The molecule has 1 atom stereocenters. The molecule has 1 aliphatic rings. The fourth-order valence-electron chi connectivity index (χ4n) is 2.27. The Morgan fingerprint density at radius 3 is 2.79 bits per heavy atom. The van der Waals surface area contributed by atoms with Gasteiger partial charge in [0.25, 0.3) is 5.89 Å². The smallest absolute Gasteiger partial charge is 0.296 e. The van der Waals surface area contributed by atoms with Gasteiger partial charge in [0.2, 0.25) is 5.76 Å². The van der Waals surface area contributed by atoms with E-state index in [2.05, 4.69) is 20.2 Å². The lowest BCUT2D eigenvalue weighted by Crippen LogP contribution is -2.30. The van der Waals surface area contributed by atoms with Crippen molar-refractivity contribution in [3.63, 3.8) is 0 Å². The van der Waals surface area contributed by atoms with Crippen LogP contribution < -0.4 is 5.73 Å². The van der Waals surface area contributed by atoms with Gasteiger partial charge in [-0.15, -0.1) is 0 Å². The minimum atomic E-state index is -0.236. The van der Waals surface area contributed by atoms with E-state index < -0.39 is 0 Å². The average molecular weight is 263 g/mol. The molecule has 1 saturated heterocycles. The van der Waals surface area contributed by atoms with Crippen molar-refractivity contribution in [3.05, 3.63) is 17.6 Å². The first-order valence-corrected chi connectivity index (χ1v) is 6.47. The SMILES string of the molecule is Cc1cc(-c2nc(C(N)CN3CCCC3)no2)on1. The number of rotatable bonds is 4. The summed E-state index contributed by atoms with van der Waals surface area (Å²) in [4.78, 5) is 6.59. The normalized spacial score (nSPS) is 18.0. The zero-order chi connectivity index (χ0) is 13.2. The van der Waals surface area contributed by atoms with Crippen molar-refractivity contribution in [1.29, 1.82) is 0 Å². The van der Waals surface area contributed by atoms with Gasteiger partial charge in [0, 0.05) is 12.6 Å². The molecule has 3 rings (SSSR count). The molecule has 7 heteroatoms. The van der Waals surface area contributed by atoms with Crippen LogP contribution in [0.15, 0.2) is 15.1 Å². The van der Waals surface area contributed by atoms with Crippen LogP contribution in [0.2, 0.25) is 0 Å². The lowest BCUT2D eigenvalue weighted by molar-refractivity contribution is 0.306. The highest BCUT2D eigenvalue weighted by atomic mass is 16.5. The first-order valence-electron chi connectivity index (χ1n) is 6.47. The van der Waals surface area contributed by atoms with Crippen LogP contribution in [0.25, 0.3) is 11.7 Å². The van der Waals surface area contributed by atoms with E-state index in [1.807, 2.05) is 6.92 Å². The fraction of sp³-hybridized carbons (Fsp3) is 0.583. The fourth-order valence-corrected chi connectivity index (χ4v) is 2.27. The number of nitrogens with zero attached hydrogens (tertiary/aromatic N) is 4. The topological polar surface area (TPSA) is 94.2 Å². The third-order valence-electron chi connectivity index (χ3n) is 3.27. The summed E-state index contributed by atoms with van der Waals surface area (Å²) < 4.78 is 10.2. The van der Waals surface area contributed by atoms with E-state index in [9.17, 15) is 0 Å². The predicted octanol–water partition coefficient (Wildman–Crippen LogP) is 1.13. The Kier molecular flexibility index (Phi) is 3.31. The Balaban J connectivity index is 1.69. The zero-order valence-electron chi connectivity index (χ0n) is 10.9. The van der Waals surface area contributed by atoms with Crippen LogP contribution in [-0.4, -0.2) is 39.8 Å². The van der Waals surface area contributed by atoms with Crippen molar-refractivity contribution < 1.29 is 9.05 Å². The van der Waals surface area contributed by atoms with Gasteiger partial charge in [0.15, 0.2) is 5.82 Å². The summed E-state index contributed by atoms with van der Waals surface area (Å²) in [6.07, 6.45) is 2.48. The standard InChI is InChI=1S/C12H17N5O2/c1-8-6-10(18-15-8)12-14-11(16-19-12)9(13)7-17-4-2-3-5-17/h6,9H,2-5,7,13H2,1H3. The summed E-state index contributed by atoms with van der Waals surface area (Å²) >= 11 is 0. The van der Waals surface area contributed by atoms with Gasteiger partial charge in [0.1, 0.15) is 0 Å². The number of nitrogens with two attached hydrogens (primary N) is 1. The highest BCUT2D eigenvalue weighted by molar-refractivity contribution is 5.43. The van der Waals surface area contributed by atoms with E-state index in [1.165, 1.54) is 12.8 Å². The number of hydrogen-bond acceptors (Lipinski definition) is 7. The van der Waals surface area contributed by atoms with Gasteiger partial charge in [0.05, 0.1) is 11.7 Å². The second-order valence-corrected chi connectivity index (χ2v) is 4.90. The van der Waals surface area contributed by atoms with Crippen molar-refractivity contribution in [2.75, 3.05) is 19.6 Å². The Labute approximate surface area is 110 Å². The van der Waals surface area contributed by atoms with Crippen molar-refractivity contribution in [1.82, 2.24) is 20.2 Å². The third kappa shape index (κ3) is 2.66. The van der Waals surface area contributed by atoms with E-state index in [1.54, 1.807) is 6.07 Å². The molecule has 0 amide bonds. The molecule has 19 heavy (non-hydrogen) atoms. The second kappa shape index (κ2) is 5.10. The largest absolute Gasteiger partial charge is 0.351 e. The molecule has 0 aromatic carbocycles. The Bertz CT molecular complexity index is 544. The molecule has 2 aromatic rings. The summed E-state index contributed by atoms with van der Waals surface area (Å²) in [6, 6.07) is 1.52. The van der Waals surface area contributed by atoms with Gasteiger partial charge < -0.3 is 19.7 Å². The highest BCUT2D eigenvalue weighted by Gasteiger charge is 2.21. The summed E-state index contributed by atoms with van der Waals surface area (Å²) in [5, 5.41) is 7.71. The molecule has 102 valence electrons. The second-order valence-electron chi connectivity index (χ2n) is 4.90. The van der Waals surface area contributed by atoms with Crippen LogP contribution in [0, 0.1) is 6.92 Å². The van der Waals surface area contributed by atoms with Gasteiger partial charge in [-0.1, -0.05) is 10.3 Å². The summed E-state index contributed by atoms with van der Waals surface area (Å²) in [5.74, 6) is 1.31. The van der Waals surface area contributed by atoms with Crippen LogP contribution in [0.4, 0.5) is 0 Å². The zero-order valence-corrected chi connectivity index (χ0v) is 10.9. The molecule has 0 bridgehead atoms. The van der Waals surface area contributed by atoms with Crippen LogP contribution >= 0.6 is 0 Å². The van der Waals surface area contributed by atoms with Crippen LogP contribution in [0.3, 0.4) is 0 Å². The minimum absolute atomic E-state index is 0.236. The van der Waals surface area contributed by atoms with E-state index >= 15 is 0 Å². The van der Waals surface area contributed by atoms with Crippen molar-refractivity contribution in [2.24, 2.45) is 5.73 Å². The molecule has 7 nitrogen and oxygen atoms in total. The van der Waals surface area contributed by atoms with Gasteiger partial charge in [-0.05, 0) is 32.9 Å². The molecule has 0 saturated carbocycles. The van der Waals surface area contributed by atoms with Gasteiger partial charge in [-0.3, -0.25) is 0 Å². The van der Waals surface area contributed by atoms with Crippen molar-refractivity contribution >= 4 is 0 Å². The molecule has 2 N–H and O–H groups in total. The maximum absolute atomic E-state index is 6.10. The van der Waals surface area contributed by atoms with Crippen LogP contribution in [0.1, 0.15) is 30.4 Å². The molecule has 0 radical (unpaired) electrons. The third-order valence-corrected chi connectivity index (χ3v) is 3.27. The molecular formula is C12H17N5O2. The van der Waals surface area contributed by atoms with Gasteiger partial charge >= 0.3 is 0 Å². The first-order chi connectivity index (χ1) is 9.22. The van der Waals surface area contributed by atoms with E-state index in [0.29, 0.717) is 17.5 Å². The molecule has 1 unspecified atom stereocenters. The lowest BCUT2D eigenvalue weighted by Gasteiger charge is -2.17. The molecule has 1 aliphatic heterocycles. The minimum Gasteiger partial charge on any atom is -0.351 e. The summed E-state index contributed by atoms with van der Waals surface area (Å²) in [6.45, 7) is 4.79. The molecule has 1 fully saturated rings. The maximum atomic E-state index is 6.10. The van der Waals surface area contributed by atoms with Crippen molar-refractivity contribution in [2.45, 2.75) is 25.8 Å². The molecule has 0 spiro atoms. The molecule has 3 heterocycles. The number of aromatic nitrogens is 3. The Hall–Kier alpha value is -1.73. The average Bonchev–Trinajstić information content (AvgIpc) is 3.07. The van der Waals surface area contributed by atoms with E-state index in [0.717, 1.165) is 25.3 Å².